The van der Waals surface area contributed by atoms with Gasteiger partial charge in [-0.1, -0.05) is 32.8 Å². The molecule has 0 unspecified atom stereocenters. The summed E-state index contributed by atoms with van der Waals surface area (Å²) in [6.07, 6.45) is 3.66. The van der Waals surface area contributed by atoms with E-state index in [9.17, 15) is 0 Å². The van der Waals surface area contributed by atoms with Crippen LogP contribution in [0.5, 0.6) is 0 Å². The third-order valence-corrected chi connectivity index (χ3v) is 2.38. The molecular formula is C13H19N3. The lowest BCUT2D eigenvalue weighted by Crippen LogP contribution is -2.04. The van der Waals surface area contributed by atoms with Crippen molar-refractivity contribution >= 4 is 5.82 Å². The fraction of sp³-hybridized carbons (Fsp3) is 0.538. The van der Waals surface area contributed by atoms with Gasteiger partial charge in [0.15, 0.2) is 0 Å². The minimum Gasteiger partial charge on any atom is -0.370 e. The molecule has 0 fully saturated rings. The van der Waals surface area contributed by atoms with E-state index in [1.165, 1.54) is 12.8 Å². The lowest BCUT2D eigenvalue weighted by atomic mass is 10.1. The SMILES string of the molecule is CC(C)CCCCNc1cccc(C#N)n1. The van der Waals surface area contributed by atoms with Gasteiger partial charge in [0, 0.05) is 6.54 Å². The van der Waals surface area contributed by atoms with E-state index in [-0.39, 0.29) is 0 Å². The molecule has 0 amide bonds. The number of nitrogens with one attached hydrogen (secondary N) is 1. The molecule has 0 aliphatic heterocycles. The quantitative estimate of drug-likeness (QED) is 0.744. The molecule has 0 spiro atoms. The van der Waals surface area contributed by atoms with Gasteiger partial charge in [-0.05, 0) is 24.5 Å². The van der Waals surface area contributed by atoms with Crippen LogP contribution in [0.25, 0.3) is 0 Å². The van der Waals surface area contributed by atoms with E-state index in [0.29, 0.717) is 5.69 Å². The van der Waals surface area contributed by atoms with Crippen molar-refractivity contribution in [3.63, 3.8) is 0 Å². The first-order valence-corrected chi connectivity index (χ1v) is 5.83. The van der Waals surface area contributed by atoms with Gasteiger partial charge in [0.25, 0.3) is 0 Å². The minimum atomic E-state index is 0.465. The van der Waals surface area contributed by atoms with Crippen molar-refractivity contribution in [1.82, 2.24) is 4.98 Å². The summed E-state index contributed by atoms with van der Waals surface area (Å²) in [5.74, 6) is 1.57. The number of pyridine rings is 1. The number of hydrogen-bond donors (Lipinski definition) is 1. The van der Waals surface area contributed by atoms with Crippen LogP contribution >= 0.6 is 0 Å². The first-order chi connectivity index (χ1) is 7.72. The zero-order chi connectivity index (χ0) is 11.8. The summed E-state index contributed by atoms with van der Waals surface area (Å²) in [6.45, 7) is 5.41. The Morgan fingerprint density at radius 3 is 2.88 bits per heavy atom. The van der Waals surface area contributed by atoms with Gasteiger partial charge in [0.2, 0.25) is 0 Å². The van der Waals surface area contributed by atoms with Gasteiger partial charge in [-0.2, -0.15) is 5.26 Å². The van der Waals surface area contributed by atoms with Crippen molar-refractivity contribution in [2.45, 2.75) is 33.1 Å². The van der Waals surface area contributed by atoms with Crippen LogP contribution in [0.4, 0.5) is 5.82 Å². The Labute approximate surface area is 97.5 Å². The average Bonchev–Trinajstić information content (AvgIpc) is 2.28. The second kappa shape index (κ2) is 6.84. The number of rotatable bonds is 6. The van der Waals surface area contributed by atoms with Gasteiger partial charge in [0.05, 0.1) is 0 Å². The van der Waals surface area contributed by atoms with Crippen molar-refractivity contribution in [3.8, 4) is 6.07 Å². The second-order valence-electron chi connectivity index (χ2n) is 4.34. The number of hydrogen-bond acceptors (Lipinski definition) is 3. The maximum atomic E-state index is 8.69. The van der Waals surface area contributed by atoms with Gasteiger partial charge in [-0.15, -0.1) is 0 Å². The Kier molecular flexibility index (Phi) is 5.35. The molecule has 0 aliphatic rings. The Morgan fingerprint density at radius 2 is 2.19 bits per heavy atom. The van der Waals surface area contributed by atoms with Gasteiger partial charge in [0.1, 0.15) is 17.6 Å². The molecule has 86 valence electrons. The highest BCUT2D eigenvalue weighted by Crippen LogP contribution is 2.07. The van der Waals surface area contributed by atoms with Crippen molar-refractivity contribution in [3.05, 3.63) is 23.9 Å². The Morgan fingerprint density at radius 1 is 1.38 bits per heavy atom. The smallest absolute Gasteiger partial charge is 0.142 e. The molecule has 1 aromatic heterocycles. The van der Waals surface area contributed by atoms with Gasteiger partial charge < -0.3 is 5.32 Å². The van der Waals surface area contributed by atoms with Crippen LogP contribution in [0.1, 0.15) is 38.8 Å². The fourth-order valence-electron chi connectivity index (χ4n) is 1.49. The van der Waals surface area contributed by atoms with Gasteiger partial charge in [-0.3, -0.25) is 0 Å². The molecule has 0 saturated carbocycles. The van der Waals surface area contributed by atoms with E-state index >= 15 is 0 Å². The van der Waals surface area contributed by atoms with Crippen LogP contribution in [-0.2, 0) is 0 Å². The molecule has 3 heteroatoms. The maximum absolute atomic E-state index is 8.69. The molecule has 0 saturated heterocycles. The van der Waals surface area contributed by atoms with Gasteiger partial charge in [-0.25, -0.2) is 4.98 Å². The van der Waals surface area contributed by atoms with Crippen molar-refractivity contribution in [2.75, 3.05) is 11.9 Å². The standard InChI is InChI=1S/C13H19N3/c1-11(2)6-3-4-9-15-13-8-5-7-12(10-14)16-13/h5,7-8,11H,3-4,6,9H2,1-2H3,(H,15,16). The number of unbranched alkanes of at least 4 members (excludes halogenated alkanes) is 1. The molecule has 1 heterocycles. The zero-order valence-electron chi connectivity index (χ0n) is 10.0. The number of anilines is 1. The average molecular weight is 217 g/mol. The van der Waals surface area contributed by atoms with Crippen molar-refractivity contribution in [1.29, 1.82) is 5.26 Å². The maximum Gasteiger partial charge on any atom is 0.142 e. The number of aromatic nitrogens is 1. The van der Waals surface area contributed by atoms with Crippen LogP contribution < -0.4 is 5.32 Å². The topological polar surface area (TPSA) is 48.7 Å². The summed E-state index contributed by atoms with van der Waals surface area (Å²) in [6, 6.07) is 7.49. The lowest BCUT2D eigenvalue weighted by Gasteiger charge is -2.06. The summed E-state index contributed by atoms with van der Waals surface area (Å²) >= 11 is 0. The molecule has 3 nitrogen and oxygen atoms in total. The number of nitrogens with zero attached hydrogens (tertiary/aromatic N) is 2. The van der Waals surface area contributed by atoms with E-state index < -0.39 is 0 Å². The Hall–Kier alpha value is -1.56. The predicted octanol–water partition coefficient (Wildman–Crippen LogP) is 3.19. The third-order valence-electron chi connectivity index (χ3n) is 2.38. The van der Waals surface area contributed by atoms with Gasteiger partial charge >= 0.3 is 0 Å². The molecule has 0 atom stereocenters. The van der Waals surface area contributed by atoms with Crippen molar-refractivity contribution in [2.24, 2.45) is 5.92 Å². The summed E-state index contributed by atoms with van der Waals surface area (Å²) in [4.78, 5) is 4.15. The summed E-state index contributed by atoms with van der Waals surface area (Å²) < 4.78 is 0. The van der Waals surface area contributed by atoms with E-state index in [4.69, 9.17) is 5.26 Å². The summed E-state index contributed by atoms with van der Waals surface area (Å²) in [5, 5.41) is 11.9. The molecule has 0 bridgehead atoms. The largest absolute Gasteiger partial charge is 0.370 e. The Bertz CT molecular complexity index is 352. The second-order valence-corrected chi connectivity index (χ2v) is 4.34. The lowest BCUT2D eigenvalue weighted by molar-refractivity contribution is 0.544. The molecule has 1 N–H and O–H groups in total. The van der Waals surface area contributed by atoms with E-state index in [0.717, 1.165) is 24.7 Å². The molecule has 0 radical (unpaired) electrons. The first kappa shape index (κ1) is 12.5. The molecule has 1 rings (SSSR count). The molecular weight excluding hydrogens is 198 g/mol. The fourth-order valence-corrected chi connectivity index (χ4v) is 1.49. The van der Waals surface area contributed by atoms with E-state index in [1.807, 2.05) is 18.2 Å². The summed E-state index contributed by atoms with van der Waals surface area (Å²) in [5.41, 5.74) is 0.465. The molecule has 0 aromatic carbocycles. The molecule has 16 heavy (non-hydrogen) atoms. The van der Waals surface area contributed by atoms with Crippen LogP contribution in [0.3, 0.4) is 0 Å². The van der Waals surface area contributed by atoms with E-state index in [1.54, 1.807) is 6.07 Å². The van der Waals surface area contributed by atoms with Crippen LogP contribution in [0.2, 0.25) is 0 Å². The number of nitriles is 1. The van der Waals surface area contributed by atoms with Crippen molar-refractivity contribution < 1.29 is 0 Å². The monoisotopic (exact) mass is 217 g/mol. The highest BCUT2D eigenvalue weighted by Gasteiger charge is 1.97. The van der Waals surface area contributed by atoms with Crippen LogP contribution in [0, 0.1) is 17.2 Å². The molecule has 1 aromatic rings. The van der Waals surface area contributed by atoms with Crippen LogP contribution in [-0.4, -0.2) is 11.5 Å². The third kappa shape index (κ3) is 4.79. The Balaban J connectivity index is 2.24. The normalized spacial score (nSPS) is 10.1. The predicted molar refractivity (Wildman–Crippen MR) is 66.1 cm³/mol. The minimum absolute atomic E-state index is 0.465. The highest BCUT2D eigenvalue weighted by molar-refractivity contribution is 5.38. The zero-order valence-corrected chi connectivity index (χ0v) is 10.0. The first-order valence-electron chi connectivity index (χ1n) is 5.83. The molecule has 0 aliphatic carbocycles. The van der Waals surface area contributed by atoms with Crippen LogP contribution in [0.15, 0.2) is 18.2 Å². The van der Waals surface area contributed by atoms with E-state index in [2.05, 4.69) is 24.1 Å². The summed E-state index contributed by atoms with van der Waals surface area (Å²) in [7, 11) is 0. The highest BCUT2D eigenvalue weighted by atomic mass is 15.0.